The maximum Gasteiger partial charge on any atom is 0.270 e. The molecule has 0 aliphatic heterocycles. The Morgan fingerprint density at radius 1 is 1.00 bits per heavy atom. The minimum absolute atomic E-state index is 0.0334. The number of nitrogens with one attached hydrogen (secondary N) is 2. The van der Waals surface area contributed by atoms with Crippen molar-refractivity contribution < 1.29 is 18.4 Å². The average Bonchev–Trinajstić information content (AvgIpc) is 2.69. The molecule has 2 heterocycles. The Labute approximate surface area is 153 Å². The van der Waals surface area contributed by atoms with Gasteiger partial charge in [-0.05, 0) is 35.9 Å². The molecule has 136 valence electrons. The third kappa shape index (κ3) is 4.69. The van der Waals surface area contributed by atoms with Crippen molar-refractivity contribution in [2.75, 3.05) is 5.32 Å². The largest absolute Gasteiger partial charge is 0.347 e. The highest BCUT2D eigenvalue weighted by atomic mass is 19.1. The molecule has 2 aromatic heterocycles. The first-order valence-electron chi connectivity index (χ1n) is 7.92. The molecule has 0 aliphatic carbocycles. The van der Waals surface area contributed by atoms with Gasteiger partial charge < -0.3 is 10.6 Å². The summed E-state index contributed by atoms with van der Waals surface area (Å²) in [4.78, 5) is 32.4. The molecule has 6 nitrogen and oxygen atoms in total. The second-order valence-electron chi connectivity index (χ2n) is 5.55. The smallest absolute Gasteiger partial charge is 0.270 e. The highest BCUT2D eigenvalue weighted by molar-refractivity contribution is 6.05. The summed E-state index contributed by atoms with van der Waals surface area (Å²) < 4.78 is 26.6. The van der Waals surface area contributed by atoms with E-state index in [1.54, 1.807) is 18.5 Å². The molecular weight excluding hydrogens is 354 g/mol. The zero-order chi connectivity index (χ0) is 19.2. The summed E-state index contributed by atoms with van der Waals surface area (Å²) in [5.74, 6) is -2.76. The van der Waals surface area contributed by atoms with Gasteiger partial charge in [-0.1, -0.05) is 6.07 Å². The number of anilines is 1. The number of pyridine rings is 2. The van der Waals surface area contributed by atoms with Gasteiger partial charge >= 0.3 is 0 Å². The van der Waals surface area contributed by atoms with Crippen molar-refractivity contribution in [1.82, 2.24) is 15.3 Å². The van der Waals surface area contributed by atoms with E-state index in [-0.39, 0.29) is 23.5 Å². The molecule has 0 radical (unpaired) electrons. The van der Waals surface area contributed by atoms with Crippen LogP contribution >= 0.6 is 0 Å². The molecule has 2 N–H and O–H groups in total. The number of aromatic nitrogens is 2. The summed E-state index contributed by atoms with van der Waals surface area (Å²) in [6.45, 7) is 0.256. The Morgan fingerprint density at radius 2 is 1.85 bits per heavy atom. The van der Waals surface area contributed by atoms with E-state index in [4.69, 9.17) is 0 Å². The first-order valence-corrected chi connectivity index (χ1v) is 7.92. The molecule has 8 heteroatoms. The summed E-state index contributed by atoms with van der Waals surface area (Å²) in [6, 6.07) is 9.04. The number of hydrogen-bond acceptors (Lipinski definition) is 4. The van der Waals surface area contributed by atoms with Gasteiger partial charge in [-0.15, -0.1) is 0 Å². The second-order valence-corrected chi connectivity index (χ2v) is 5.55. The number of amides is 2. The Morgan fingerprint density at radius 3 is 2.59 bits per heavy atom. The number of benzene rings is 1. The van der Waals surface area contributed by atoms with Gasteiger partial charge in [0, 0.05) is 36.8 Å². The van der Waals surface area contributed by atoms with Gasteiger partial charge in [0.15, 0.2) is 0 Å². The molecule has 0 fully saturated rings. The lowest BCUT2D eigenvalue weighted by molar-refractivity contribution is 0.0946. The van der Waals surface area contributed by atoms with Crippen LogP contribution in [-0.4, -0.2) is 21.8 Å². The molecule has 0 aliphatic rings. The number of halogens is 2. The van der Waals surface area contributed by atoms with Crippen LogP contribution in [0.1, 0.15) is 26.4 Å². The minimum atomic E-state index is -0.896. The van der Waals surface area contributed by atoms with E-state index in [0.29, 0.717) is 6.07 Å². The van der Waals surface area contributed by atoms with Crippen molar-refractivity contribution in [1.29, 1.82) is 0 Å². The third-order valence-electron chi connectivity index (χ3n) is 3.61. The minimum Gasteiger partial charge on any atom is -0.347 e. The van der Waals surface area contributed by atoms with Crippen molar-refractivity contribution in [2.45, 2.75) is 6.54 Å². The molecule has 0 unspecified atom stereocenters. The van der Waals surface area contributed by atoms with Gasteiger partial charge in [0.05, 0.1) is 5.69 Å². The van der Waals surface area contributed by atoms with Crippen LogP contribution in [0.3, 0.4) is 0 Å². The van der Waals surface area contributed by atoms with Crippen LogP contribution in [0.5, 0.6) is 0 Å². The van der Waals surface area contributed by atoms with Crippen LogP contribution in [0.15, 0.2) is 61.1 Å². The van der Waals surface area contributed by atoms with E-state index in [9.17, 15) is 18.4 Å². The van der Waals surface area contributed by atoms with Crippen molar-refractivity contribution >= 4 is 17.5 Å². The van der Waals surface area contributed by atoms with Gasteiger partial charge in [-0.3, -0.25) is 19.6 Å². The maximum atomic E-state index is 13.7. The van der Waals surface area contributed by atoms with E-state index in [1.165, 1.54) is 18.3 Å². The van der Waals surface area contributed by atoms with Crippen LogP contribution in [0.25, 0.3) is 0 Å². The number of hydrogen-bond donors (Lipinski definition) is 2. The fourth-order valence-electron chi connectivity index (χ4n) is 2.26. The molecule has 0 bridgehead atoms. The predicted octanol–water partition coefficient (Wildman–Crippen LogP) is 2.94. The zero-order valence-corrected chi connectivity index (χ0v) is 13.9. The lowest BCUT2D eigenvalue weighted by atomic mass is 10.2. The fraction of sp³-hybridized carbons (Fsp3) is 0.0526. The molecule has 1 aromatic carbocycles. The number of carbonyl (C=O) groups is 2. The molecule has 3 aromatic rings. The van der Waals surface area contributed by atoms with Crippen molar-refractivity contribution in [3.8, 4) is 0 Å². The van der Waals surface area contributed by atoms with Crippen LogP contribution < -0.4 is 10.6 Å². The molecule has 3 rings (SSSR count). The van der Waals surface area contributed by atoms with Crippen molar-refractivity contribution in [3.63, 3.8) is 0 Å². The van der Waals surface area contributed by atoms with Gasteiger partial charge in [0.2, 0.25) is 0 Å². The van der Waals surface area contributed by atoms with Crippen molar-refractivity contribution in [3.05, 3.63) is 89.5 Å². The van der Waals surface area contributed by atoms with Crippen molar-refractivity contribution in [2.24, 2.45) is 0 Å². The summed E-state index contributed by atoms with van der Waals surface area (Å²) in [5.41, 5.74) is 0.790. The first kappa shape index (κ1) is 18.1. The summed E-state index contributed by atoms with van der Waals surface area (Å²) in [5, 5.41) is 5.00. The first-order chi connectivity index (χ1) is 13.0. The molecule has 2 amide bonds. The van der Waals surface area contributed by atoms with E-state index >= 15 is 0 Å². The second kappa shape index (κ2) is 8.13. The van der Waals surface area contributed by atoms with Gasteiger partial charge in [-0.25, -0.2) is 8.78 Å². The molecule has 0 atom stereocenters. The average molecular weight is 368 g/mol. The maximum absolute atomic E-state index is 13.7. The van der Waals surface area contributed by atoms with Crippen LogP contribution in [0.4, 0.5) is 14.5 Å². The van der Waals surface area contributed by atoms with E-state index in [2.05, 4.69) is 20.6 Å². The summed E-state index contributed by atoms with van der Waals surface area (Å²) in [7, 11) is 0. The van der Waals surface area contributed by atoms with Gasteiger partial charge in [0.25, 0.3) is 11.8 Å². The Hall–Kier alpha value is -3.68. The summed E-state index contributed by atoms with van der Waals surface area (Å²) >= 11 is 0. The Balaban J connectivity index is 1.68. The van der Waals surface area contributed by atoms with Gasteiger partial charge in [0.1, 0.15) is 17.3 Å². The molecule has 27 heavy (non-hydrogen) atoms. The van der Waals surface area contributed by atoms with E-state index < -0.39 is 23.4 Å². The summed E-state index contributed by atoms with van der Waals surface area (Å²) in [6.07, 6.45) is 4.54. The lowest BCUT2D eigenvalue weighted by Gasteiger charge is -2.08. The van der Waals surface area contributed by atoms with E-state index in [0.717, 1.165) is 17.7 Å². The topological polar surface area (TPSA) is 84.0 Å². The quantitative estimate of drug-likeness (QED) is 0.725. The Kier molecular flexibility index (Phi) is 5.46. The standard InChI is InChI=1S/C19H14F2N4O2/c20-14-3-4-16(15(21)9-14)25-18(26)13-5-7-23-17(8-13)19(27)24-11-12-2-1-6-22-10-12/h1-10H,11H2,(H,24,27)(H,25,26). The Bertz CT molecular complexity index is 980. The molecule has 0 saturated carbocycles. The highest BCUT2D eigenvalue weighted by Gasteiger charge is 2.14. The van der Waals surface area contributed by atoms with Crippen LogP contribution in [0.2, 0.25) is 0 Å². The number of nitrogens with zero attached hydrogens (tertiary/aromatic N) is 2. The lowest BCUT2D eigenvalue weighted by Crippen LogP contribution is -2.24. The molecular formula is C19H14F2N4O2. The monoisotopic (exact) mass is 368 g/mol. The van der Waals surface area contributed by atoms with E-state index in [1.807, 2.05) is 6.07 Å². The SMILES string of the molecule is O=C(Nc1ccc(F)cc1F)c1ccnc(C(=O)NCc2cccnc2)c1. The zero-order valence-electron chi connectivity index (χ0n) is 13.9. The van der Waals surface area contributed by atoms with Gasteiger partial charge in [-0.2, -0.15) is 0 Å². The fourth-order valence-corrected chi connectivity index (χ4v) is 2.26. The third-order valence-corrected chi connectivity index (χ3v) is 3.61. The van der Waals surface area contributed by atoms with Crippen LogP contribution in [0, 0.1) is 11.6 Å². The normalized spacial score (nSPS) is 10.3. The van der Waals surface area contributed by atoms with Crippen LogP contribution in [-0.2, 0) is 6.54 Å². The highest BCUT2D eigenvalue weighted by Crippen LogP contribution is 2.16. The molecule has 0 saturated heterocycles. The predicted molar refractivity (Wildman–Crippen MR) is 94.0 cm³/mol. The number of carbonyl (C=O) groups excluding carboxylic acids is 2. The molecule has 0 spiro atoms. The number of rotatable bonds is 5.